The van der Waals surface area contributed by atoms with Gasteiger partial charge < -0.3 is 9.84 Å². The maximum absolute atomic E-state index is 13.1. The highest BCUT2D eigenvalue weighted by molar-refractivity contribution is 7.89. The van der Waals surface area contributed by atoms with Crippen LogP contribution in [0.25, 0.3) is 0 Å². The summed E-state index contributed by atoms with van der Waals surface area (Å²) in [6, 6.07) is 2.94. The molecule has 0 aromatic heterocycles. The van der Waals surface area contributed by atoms with Gasteiger partial charge in [0, 0.05) is 13.1 Å². The lowest BCUT2D eigenvalue weighted by Crippen LogP contribution is -2.44. The van der Waals surface area contributed by atoms with Crippen LogP contribution in [0.15, 0.2) is 17.0 Å². The number of hydrogen-bond acceptors (Lipinski definition) is 4. The Morgan fingerprint density at radius 3 is 2.74 bits per heavy atom. The highest BCUT2D eigenvalue weighted by Gasteiger charge is 2.33. The van der Waals surface area contributed by atoms with E-state index in [2.05, 4.69) is 0 Å². The number of carboxylic acid groups (broad SMARTS) is 1. The molecule has 2 aliphatic rings. The second-order valence-electron chi connectivity index (χ2n) is 6.17. The molecular weight excluding hydrogens is 318 g/mol. The smallest absolute Gasteiger partial charge is 0.335 e. The van der Waals surface area contributed by atoms with Crippen LogP contribution >= 0.6 is 0 Å². The van der Waals surface area contributed by atoms with Crippen molar-refractivity contribution in [3.63, 3.8) is 0 Å². The van der Waals surface area contributed by atoms with E-state index in [1.54, 1.807) is 6.07 Å². The number of fused-ring (bicyclic) bond motifs is 1. The molecule has 1 aliphatic heterocycles. The Labute approximate surface area is 136 Å². The molecule has 1 atom stereocenters. The lowest BCUT2D eigenvalue weighted by molar-refractivity contribution is 0.0101. The van der Waals surface area contributed by atoms with E-state index in [0.29, 0.717) is 26.1 Å². The predicted molar refractivity (Wildman–Crippen MR) is 84.2 cm³/mol. The van der Waals surface area contributed by atoms with Crippen molar-refractivity contribution in [3.05, 3.63) is 28.8 Å². The maximum Gasteiger partial charge on any atom is 0.335 e. The van der Waals surface area contributed by atoms with E-state index < -0.39 is 16.0 Å². The predicted octanol–water partition coefficient (Wildman–Crippen LogP) is 1.67. The molecule has 1 heterocycles. The third-order valence-electron chi connectivity index (χ3n) is 4.49. The average Bonchev–Trinajstić information content (AvgIpc) is 2.53. The monoisotopic (exact) mass is 339 g/mol. The summed E-state index contributed by atoms with van der Waals surface area (Å²) in [4.78, 5) is 11.5. The molecule has 23 heavy (non-hydrogen) atoms. The molecule has 0 saturated carbocycles. The molecule has 0 amide bonds. The van der Waals surface area contributed by atoms with Gasteiger partial charge in [0.2, 0.25) is 10.0 Å². The number of benzene rings is 1. The van der Waals surface area contributed by atoms with Gasteiger partial charge in [-0.15, -0.1) is 0 Å². The van der Waals surface area contributed by atoms with Crippen molar-refractivity contribution in [2.45, 2.75) is 43.6 Å². The number of carbonyl (C=O) groups is 1. The molecule has 1 N–H and O–H groups in total. The summed E-state index contributed by atoms with van der Waals surface area (Å²) in [5.41, 5.74) is 1.70. The maximum atomic E-state index is 13.1. The van der Waals surface area contributed by atoms with Crippen molar-refractivity contribution >= 4 is 16.0 Å². The van der Waals surface area contributed by atoms with Crippen molar-refractivity contribution in [2.24, 2.45) is 0 Å². The van der Waals surface area contributed by atoms with Crippen molar-refractivity contribution < 1.29 is 23.1 Å². The van der Waals surface area contributed by atoms with E-state index in [1.807, 2.05) is 6.92 Å². The quantitative estimate of drug-likeness (QED) is 0.906. The Hall–Kier alpha value is -1.44. The van der Waals surface area contributed by atoms with Crippen molar-refractivity contribution in [1.29, 1.82) is 0 Å². The molecule has 0 spiro atoms. The molecule has 0 radical (unpaired) electrons. The van der Waals surface area contributed by atoms with E-state index in [-0.39, 0.29) is 16.6 Å². The number of aromatic carboxylic acids is 1. The first-order valence-electron chi connectivity index (χ1n) is 7.90. The Morgan fingerprint density at radius 2 is 2.04 bits per heavy atom. The van der Waals surface area contributed by atoms with E-state index in [9.17, 15) is 18.3 Å². The summed E-state index contributed by atoms with van der Waals surface area (Å²) in [5, 5.41) is 9.30. The molecule has 1 saturated heterocycles. The summed E-state index contributed by atoms with van der Waals surface area (Å²) in [7, 11) is -3.70. The minimum atomic E-state index is -3.70. The van der Waals surface area contributed by atoms with Crippen molar-refractivity contribution in [2.75, 3.05) is 19.7 Å². The Kier molecular flexibility index (Phi) is 4.44. The van der Waals surface area contributed by atoms with Gasteiger partial charge in [-0.3, -0.25) is 0 Å². The van der Waals surface area contributed by atoms with Crippen LogP contribution in [0.5, 0.6) is 0 Å². The molecule has 126 valence electrons. The zero-order valence-electron chi connectivity index (χ0n) is 13.1. The van der Waals surface area contributed by atoms with E-state index in [1.165, 1.54) is 10.4 Å². The molecule has 1 aliphatic carbocycles. The van der Waals surface area contributed by atoms with Gasteiger partial charge in [0.1, 0.15) is 0 Å². The van der Waals surface area contributed by atoms with Crippen molar-refractivity contribution in [3.8, 4) is 0 Å². The molecule has 7 heteroatoms. The molecule has 6 nitrogen and oxygen atoms in total. The Balaban J connectivity index is 2.10. The van der Waals surface area contributed by atoms with Gasteiger partial charge in [-0.1, -0.05) is 0 Å². The van der Waals surface area contributed by atoms with Gasteiger partial charge in [-0.25, -0.2) is 13.2 Å². The summed E-state index contributed by atoms with van der Waals surface area (Å²) in [5.74, 6) is -1.09. The zero-order chi connectivity index (χ0) is 16.6. The number of sulfonamides is 1. The fourth-order valence-corrected chi connectivity index (χ4v) is 5.14. The molecule has 3 rings (SSSR count). The SMILES string of the molecule is C[C@H]1CN(S(=O)(=O)c2cc(C(=O)O)cc3c2CCCC3)CCO1. The minimum absolute atomic E-state index is 0.0468. The fraction of sp³-hybridized carbons (Fsp3) is 0.562. The first kappa shape index (κ1) is 16.4. The Bertz CT molecular complexity index is 728. The molecule has 0 bridgehead atoms. The van der Waals surface area contributed by atoms with Crippen LogP contribution in [0.4, 0.5) is 0 Å². The normalized spacial score (nSPS) is 22.6. The van der Waals surface area contributed by atoms with Gasteiger partial charge in [-0.05, 0) is 55.9 Å². The lowest BCUT2D eigenvalue weighted by atomic mass is 9.90. The van der Waals surface area contributed by atoms with Gasteiger partial charge in [0.15, 0.2) is 0 Å². The minimum Gasteiger partial charge on any atom is -0.478 e. The van der Waals surface area contributed by atoms with E-state index in [0.717, 1.165) is 30.4 Å². The number of ether oxygens (including phenoxy) is 1. The van der Waals surface area contributed by atoms with E-state index >= 15 is 0 Å². The molecular formula is C16H21NO5S. The first-order chi connectivity index (χ1) is 10.9. The number of morpholine rings is 1. The summed E-state index contributed by atoms with van der Waals surface area (Å²) in [6.07, 6.45) is 3.16. The van der Waals surface area contributed by atoms with Gasteiger partial charge in [0.05, 0.1) is 23.2 Å². The third kappa shape index (κ3) is 3.13. The van der Waals surface area contributed by atoms with Crippen LogP contribution in [0, 0.1) is 0 Å². The number of rotatable bonds is 3. The number of nitrogens with zero attached hydrogens (tertiary/aromatic N) is 1. The van der Waals surface area contributed by atoms with Crippen LogP contribution in [0.2, 0.25) is 0 Å². The molecule has 1 fully saturated rings. The first-order valence-corrected chi connectivity index (χ1v) is 9.34. The van der Waals surface area contributed by atoms with E-state index in [4.69, 9.17) is 4.74 Å². The second-order valence-corrected chi connectivity index (χ2v) is 8.08. The van der Waals surface area contributed by atoms with Crippen LogP contribution in [0.1, 0.15) is 41.3 Å². The number of hydrogen-bond donors (Lipinski definition) is 1. The molecule has 1 aromatic rings. The number of carboxylic acids is 1. The summed E-state index contributed by atoms with van der Waals surface area (Å²) < 4.78 is 32.9. The average molecular weight is 339 g/mol. The fourth-order valence-electron chi connectivity index (χ4n) is 3.32. The lowest BCUT2D eigenvalue weighted by Gasteiger charge is -2.31. The van der Waals surface area contributed by atoms with Gasteiger partial charge >= 0.3 is 5.97 Å². The topological polar surface area (TPSA) is 83.9 Å². The molecule has 1 aromatic carbocycles. The van der Waals surface area contributed by atoms with Crippen LogP contribution in [0.3, 0.4) is 0 Å². The Morgan fingerprint density at radius 1 is 1.30 bits per heavy atom. The highest BCUT2D eigenvalue weighted by Crippen LogP contribution is 2.31. The van der Waals surface area contributed by atoms with Gasteiger partial charge in [-0.2, -0.15) is 4.31 Å². The zero-order valence-corrected chi connectivity index (χ0v) is 13.9. The van der Waals surface area contributed by atoms with Gasteiger partial charge in [0.25, 0.3) is 0 Å². The number of aryl methyl sites for hydroxylation is 1. The van der Waals surface area contributed by atoms with Crippen molar-refractivity contribution in [1.82, 2.24) is 4.31 Å². The largest absolute Gasteiger partial charge is 0.478 e. The standard InChI is InChI=1S/C16H21NO5S/c1-11-10-17(6-7-22-11)23(20,21)15-9-13(16(18)19)8-12-4-2-3-5-14(12)15/h8-9,11H,2-7,10H2,1H3,(H,18,19)/t11-/m0/s1. The van der Waals surface area contributed by atoms with Crippen LogP contribution < -0.4 is 0 Å². The highest BCUT2D eigenvalue weighted by atomic mass is 32.2. The molecule has 0 unspecified atom stereocenters. The third-order valence-corrected chi connectivity index (χ3v) is 6.42. The summed E-state index contributed by atoms with van der Waals surface area (Å²) in [6.45, 7) is 2.80. The summed E-state index contributed by atoms with van der Waals surface area (Å²) >= 11 is 0. The van der Waals surface area contributed by atoms with Crippen LogP contribution in [-0.4, -0.2) is 49.6 Å². The van der Waals surface area contributed by atoms with Crippen LogP contribution in [-0.2, 0) is 27.6 Å². The second kappa shape index (κ2) is 6.22.